The normalized spacial score (nSPS) is 10.8. The molecule has 0 amide bonds. The third-order valence-corrected chi connectivity index (χ3v) is 4.21. The molecule has 0 bridgehead atoms. The molecule has 0 radical (unpaired) electrons. The van der Waals surface area contributed by atoms with Gasteiger partial charge in [-0.05, 0) is 24.3 Å². The molecule has 4 nitrogen and oxygen atoms in total. The molecule has 1 aromatic heterocycles. The monoisotopic (exact) mass is 369 g/mol. The second-order valence-electron chi connectivity index (χ2n) is 4.69. The van der Waals surface area contributed by atoms with E-state index >= 15 is 0 Å². The summed E-state index contributed by atoms with van der Waals surface area (Å²) in [7, 11) is -3.23. The molecule has 0 spiro atoms. The van der Waals surface area contributed by atoms with Gasteiger partial charge in [0.1, 0.15) is 0 Å². The van der Waals surface area contributed by atoms with Gasteiger partial charge in [-0.15, -0.1) is 0 Å². The smallest absolute Gasteiger partial charge is 0.227 e. The van der Waals surface area contributed by atoms with Gasteiger partial charge in [0.25, 0.3) is 0 Å². The molecule has 0 saturated carbocycles. The zero-order valence-corrected chi connectivity index (χ0v) is 14.2. The summed E-state index contributed by atoms with van der Waals surface area (Å²) in [6.45, 7) is 2.17. The Balaban J connectivity index is 0.00000220. The summed E-state index contributed by atoms with van der Waals surface area (Å²) in [6.07, 6.45) is 2.99. The minimum atomic E-state index is -3.23. The molecular weight excluding hydrogens is 354 g/mol. The van der Waals surface area contributed by atoms with Gasteiger partial charge in [-0.25, -0.2) is 8.42 Å². The van der Waals surface area contributed by atoms with Crippen molar-refractivity contribution >= 4 is 15.6 Å². The molecule has 1 aromatic carbocycles. The van der Waals surface area contributed by atoms with Crippen molar-refractivity contribution < 1.29 is 34.8 Å². The Morgan fingerprint density at radius 1 is 1.10 bits per heavy atom. The maximum absolute atomic E-state index is 12.2. The number of hydrogen-bond acceptors (Lipinski definition) is 3. The Bertz CT molecular complexity index is 740. The fraction of sp³-hybridized carbons (Fsp3) is 0.200. The highest BCUT2D eigenvalue weighted by atomic mass is 79.9. The fourth-order valence-corrected chi connectivity index (χ4v) is 2.50. The highest BCUT2D eigenvalue weighted by Gasteiger charge is 2.15. The Morgan fingerprint density at radius 3 is 2.24 bits per heavy atom. The van der Waals surface area contributed by atoms with Crippen molar-refractivity contribution in [2.75, 3.05) is 6.26 Å². The van der Waals surface area contributed by atoms with Crippen LogP contribution in [0.15, 0.2) is 53.6 Å². The Morgan fingerprint density at radius 2 is 1.71 bits per heavy atom. The quantitative estimate of drug-likeness (QED) is 0.490. The maximum Gasteiger partial charge on any atom is 0.227 e. The number of sulfone groups is 1. The minimum absolute atomic E-state index is 0. The molecule has 112 valence electrons. The molecule has 0 N–H and O–H groups in total. The fourth-order valence-electron chi connectivity index (χ4n) is 1.87. The van der Waals surface area contributed by atoms with E-state index in [-0.39, 0.29) is 34.2 Å². The average Bonchev–Trinajstić information content (AvgIpc) is 2.40. The van der Waals surface area contributed by atoms with Crippen LogP contribution < -0.4 is 21.5 Å². The summed E-state index contributed by atoms with van der Waals surface area (Å²) in [5.74, 6) is -0.0515. The molecule has 0 aliphatic carbocycles. The molecule has 2 aromatic rings. The van der Waals surface area contributed by atoms with Gasteiger partial charge in [0, 0.05) is 30.9 Å². The van der Waals surface area contributed by atoms with Crippen LogP contribution in [0.3, 0.4) is 0 Å². The summed E-state index contributed by atoms with van der Waals surface area (Å²) in [5.41, 5.74) is 1.50. The largest absolute Gasteiger partial charge is 1.00 e. The van der Waals surface area contributed by atoms with E-state index in [2.05, 4.69) is 0 Å². The Kier molecular flexibility index (Phi) is 5.80. The van der Waals surface area contributed by atoms with Gasteiger partial charge in [0.2, 0.25) is 12.3 Å². The number of pyridine rings is 1. The van der Waals surface area contributed by atoms with Crippen molar-refractivity contribution in [1.82, 2.24) is 0 Å². The van der Waals surface area contributed by atoms with E-state index in [1.807, 2.05) is 35.9 Å². The Labute approximate surface area is 135 Å². The van der Waals surface area contributed by atoms with E-state index in [1.54, 1.807) is 12.1 Å². The summed E-state index contributed by atoms with van der Waals surface area (Å²) in [4.78, 5) is 12.4. The zero-order valence-electron chi connectivity index (χ0n) is 11.8. The van der Waals surface area contributed by atoms with E-state index in [0.29, 0.717) is 5.56 Å². The highest BCUT2D eigenvalue weighted by Crippen LogP contribution is 2.10. The van der Waals surface area contributed by atoms with Crippen LogP contribution in [0.4, 0.5) is 0 Å². The third kappa shape index (κ3) is 4.47. The number of nitrogens with zero attached hydrogens (tertiary/aromatic N) is 1. The molecule has 0 saturated heterocycles. The molecule has 0 aliphatic rings. The van der Waals surface area contributed by atoms with Crippen LogP contribution in [0.2, 0.25) is 0 Å². The van der Waals surface area contributed by atoms with Crippen LogP contribution in [-0.4, -0.2) is 20.5 Å². The van der Waals surface area contributed by atoms with E-state index in [0.717, 1.165) is 11.9 Å². The topological polar surface area (TPSA) is 55.1 Å². The lowest BCUT2D eigenvalue weighted by Gasteiger charge is -2.02. The molecule has 0 unspecified atom stereocenters. The standard InChI is InChI=1S/C15H16NO3S.BrH/c1-12-5-3-4-10-16(12)11-15(17)13-6-8-14(9-7-13)20(2,18)19;/h3-10H,11H2,1-2H3;1H/q+1;/p-1. The molecule has 6 heteroatoms. The van der Waals surface area contributed by atoms with Crippen LogP contribution in [0.1, 0.15) is 16.1 Å². The molecule has 0 fully saturated rings. The number of Topliss-reactive ketones (excluding diaryl/α,β-unsaturated/α-hetero) is 1. The number of carbonyl (C=O) groups excluding carboxylic acids is 1. The SMILES string of the molecule is Cc1cccc[n+]1CC(=O)c1ccc(S(C)(=O)=O)cc1.[Br-]. The molecule has 1 heterocycles. The first-order valence-electron chi connectivity index (χ1n) is 6.16. The van der Waals surface area contributed by atoms with Gasteiger partial charge in [0.05, 0.1) is 4.90 Å². The van der Waals surface area contributed by atoms with Gasteiger partial charge in [-0.3, -0.25) is 4.79 Å². The molecule has 0 atom stereocenters. The van der Waals surface area contributed by atoms with Gasteiger partial charge in [0.15, 0.2) is 21.7 Å². The van der Waals surface area contributed by atoms with E-state index in [1.165, 1.54) is 12.1 Å². The number of ketones is 1. The summed E-state index contributed by atoms with van der Waals surface area (Å²) < 4.78 is 24.6. The van der Waals surface area contributed by atoms with Crippen LogP contribution in [0, 0.1) is 6.92 Å². The zero-order chi connectivity index (χ0) is 14.8. The predicted octanol–water partition coefficient (Wildman–Crippen LogP) is -1.43. The lowest BCUT2D eigenvalue weighted by molar-refractivity contribution is -0.689. The summed E-state index contributed by atoms with van der Waals surface area (Å²) in [6, 6.07) is 11.7. The first-order valence-corrected chi connectivity index (χ1v) is 8.05. The number of aromatic nitrogens is 1. The van der Waals surface area contributed by atoms with Crippen LogP contribution in [0.25, 0.3) is 0 Å². The second-order valence-corrected chi connectivity index (χ2v) is 6.71. The van der Waals surface area contributed by atoms with Crippen LogP contribution >= 0.6 is 0 Å². The molecule has 0 aliphatic heterocycles. The lowest BCUT2D eigenvalue weighted by atomic mass is 10.1. The highest BCUT2D eigenvalue weighted by molar-refractivity contribution is 7.90. The number of hydrogen-bond donors (Lipinski definition) is 0. The molecule has 21 heavy (non-hydrogen) atoms. The van der Waals surface area contributed by atoms with E-state index < -0.39 is 9.84 Å². The van der Waals surface area contributed by atoms with Crippen molar-refractivity contribution in [1.29, 1.82) is 0 Å². The van der Waals surface area contributed by atoms with Crippen molar-refractivity contribution in [3.63, 3.8) is 0 Å². The van der Waals surface area contributed by atoms with Gasteiger partial charge < -0.3 is 17.0 Å². The predicted molar refractivity (Wildman–Crippen MR) is 75.3 cm³/mol. The average molecular weight is 370 g/mol. The van der Waals surface area contributed by atoms with Crippen molar-refractivity contribution in [3.05, 3.63) is 59.9 Å². The number of rotatable bonds is 4. The second kappa shape index (κ2) is 6.95. The van der Waals surface area contributed by atoms with Crippen molar-refractivity contribution in [2.24, 2.45) is 0 Å². The van der Waals surface area contributed by atoms with Crippen molar-refractivity contribution in [2.45, 2.75) is 18.4 Å². The summed E-state index contributed by atoms with van der Waals surface area (Å²) in [5, 5.41) is 0. The van der Waals surface area contributed by atoms with Crippen LogP contribution in [0.5, 0.6) is 0 Å². The third-order valence-electron chi connectivity index (χ3n) is 3.09. The van der Waals surface area contributed by atoms with Crippen molar-refractivity contribution in [3.8, 4) is 0 Å². The van der Waals surface area contributed by atoms with E-state index in [4.69, 9.17) is 0 Å². The first kappa shape index (κ1) is 17.5. The number of halogens is 1. The van der Waals surface area contributed by atoms with Gasteiger partial charge in [-0.1, -0.05) is 6.07 Å². The number of aryl methyl sites for hydroxylation is 1. The van der Waals surface area contributed by atoms with Gasteiger partial charge >= 0.3 is 0 Å². The molecular formula is C15H16BrNO3S. The van der Waals surface area contributed by atoms with Crippen LogP contribution in [-0.2, 0) is 16.4 Å². The minimum Gasteiger partial charge on any atom is -1.00 e. The first-order chi connectivity index (χ1) is 9.38. The Hall–Kier alpha value is -1.53. The summed E-state index contributed by atoms with van der Waals surface area (Å²) >= 11 is 0. The lowest BCUT2D eigenvalue weighted by Crippen LogP contribution is -3.00. The number of carbonyl (C=O) groups is 1. The number of benzene rings is 1. The molecule has 2 rings (SSSR count). The maximum atomic E-state index is 12.2. The van der Waals surface area contributed by atoms with E-state index in [9.17, 15) is 13.2 Å². The van der Waals surface area contributed by atoms with Gasteiger partial charge in [-0.2, -0.15) is 4.57 Å².